The topological polar surface area (TPSA) is 65.1 Å². The van der Waals surface area contributed by atoms with E-state index in [9.17, 15) is 9.59 Å². The quantitative estimate of drug-likeness (QED) is 0.454. The van der Waals surface area contributed by atoms with Crippen molar-refractivity contribution in [2.24, 2.45) is 0 Å². The van der Waals surface area contributed by atoms with E-state index in [0.717, 1.165) is 27.1 Å². The third kappa shape index (κ3) is 3.80. The fourth-order valence-electron chi connectivity index (χ4n) is 3.57. The number of fused-ring (bicyclic) bond motifs is 1. The van der Waals surface area contributed by atoms with Gasteiger partial charge in [-0.25, -0.2) is 9.48 Å². The van der Waals surface area contributed by atoms with Crippen molar-refractivity contribution in [1.29, 1.82) is 0 Å². The van der Waals surface area contributed by atoms with Crippen LogP contribution in [0.3, 0.4) is 0 Å². The number of aromatic nitrogens is 2. The van der Waals surface area contributed by atoms with Gasteiger partial charge in [0.25, 0.3) is 5.56 Å². The smallest absolute Gasteiger partial charge is 0.336 e. The van der Waals surface area contributed by atoms with E-state index in [-0.39, 0.29) is 12.1 Å². The molecule has 0 fully saturated rings. The van der Waals surface area contributed by atoms with Crippen molar-refractivity contribution in [1.82, 2.24) is 9.78 Å². The maximum atomic E-state index is 12.5. The van der Waals surface area contributed by atoms with E-state index in [0.29, 0.717) is 11.5 Å². The molecule has 0 atom stereocenters. The van der Waals surface area contributed by atoms with Gasteiger partial charge in [0.1, 0.15) is 11.3 Å². The molecule has 4 aromatic rings. The molecule has 3 aromatic heterocycles. The van der Waals surface area contributed by atoms with Crippen LogP contribution < -0.4 is 11.2 Å². The summed E-state index contributed by atoms with van der Waals surface area (Å²) in [7, 11) is 0. The third-order valence-corrected chi connectivity index (χ3v) is 6.04. The highest BCUT2D eigenvalue weighted by molar-refractivity contribution is 7.15. The molecule has 0 unspecified atom stereocenters. The van der Waals surface area contributed by atoms with Crippen LogP contribution in [-0.2, 0) is 6.54 Å². The first-order valence-corrected chi connectivity index (χ1v) is 10.4. The van der Waals surface area contributed by atoms with Crippen LogP contribution in [0.5, 0.6) is 0 Å². The Hall–Kier alpha value is -2.99. The Kier molecular flexibility index (Phi) is 4.96. The zero-order valence-corrected chi connectivity index (χ0v) is 17.7. The van der Waals surface area contributed by atoms with Crippen LogP contribution >= 0.6 is 11.3 Å². The lowest BCUT2D eigenvalue weighted by Crippen LogP contribution is -2.23. The van der Waals surface area contributed by atoms with Crippen molar-refractivity contribution < 1.29 is 4.42 Å². The molecule has 5 nitrogen and oxygen atoms in total. The van der Waals surface area contributed by atoms with E-state index in [2.05, 4.69) is 25.0 Å². The maximum Gasteiger partial charge on any atom is 0.336 e. The van der Waals surface area contributed by atoms with Crippen LogP contribution in [0.25, 0.3) is 21.5 Å². The first-order chi connectivity index (χ1) is 13.8. The molecular formula is C23H22N2O3S. The number of aryl methyl sites for hydroxylation is 2. The zero-order valence-electron chi connectivity index (χ0n) is 16.9. The van der Waals surface area contributed by atoms with Gasteiger partial charge in [0.15, 0.2) is 0 Å². The summed E-state index contributed by atoms with van der Waals surface area (Å²) in [5.74, 6) is 0.338. The van der Waals surface area contributed by atoms with E-state index in [1.54, 1.807) is 17.4 Å². The molecule has 0 aliphatic carbocycles. The molecule has 4 rings (SSSR count). The van der Waals surface area contributed by atoms with Crippen LogP contribution in [-0.4, -0.2) is 9.78 Å². The van der Waals surface area contributed by atoms with Crippen molar-refractivity contribution >= 4 is 22.3 Å². The van der Waals surface area contributed by atoms with E-state index < -0.39 is 5.63 Å². The molecule has 148 valence electrons. The van der Waals surface area contributed by atoms with Crippen molar-refractivity contribution in [3.63, 3.8) is 0 Å². The molecule has 1 aromatic carbocycles. The van der Waals surface area contributed by atoms with Crippen LogP contribution in [0.4, 0.5) is 0 Å². The zero-order chi connectivity index (χ0) is 20.7. The first kappa shape index (κ1) is 19.3. The van der Waals surface area contributed by atoms with Crippen LogP contribution in [0.2, 0.25) is 0 Å². The summed E-state index contributed by atoms with van der Waals surface area (Å²) in [5, 5.41) is 5.38. The predicted octanol–water partition coefficient (Wildman–Crippen LogP) is 4.87. The van der Waals surface area contributed by atoms with E-state index >= 15 is 0 Å². The summed E-state index contributed by atoms with van der Waals surface area (Å²) in [6.07, 6.45) is 0. The highest BCUT2D eigenvalue weighted by atomic mass is 32.1. The van der Waals surface area contributed by atoms with Crippen molar-refractivity contribution in [2.45, 2.75) is 40.2 Å². The number of rotatable bonds is 4. The van der Waals surface area contributed by atoms with Crippen molar-refractivity contribution in [3.8, 4) is 10.6 Å². The minimum Gasteiger partial charge on any atom is -0.423 e. The van der Waals surface area contributed by atoms with Gasteiger partial charge in [-0.3, -0.25) is 4.79 Å². The molecular weight excluding hydrogens is 384 g/mol. The Morgan fingerprint density at radius 1 is 1.07 bits per heavy atom. The average Bonchev–Trinajstić information content (AvgIpc) is 3.09. The van der Waals surface area contributed by atoms with Gasteiger partial charge < -0.3 is 4.42 Å². The summed E-state index contributed by atoms with van der Waals surface area (Å²) in [6.45, 7) is 8.52. The van der Waals surface area contributed by atoms with Gasteiger partial charge in [-0.15, -0.1) is 11.3 Å². The fraction of sp³-hybridized carbons (Fsp3) is 0.261. The molecule has 0 radical (unpaired) electrons. The predicted molar refractivity (Wildman–Crippen MR) is 117 cm³/mol. The molecule has 0 spiro atoms. The van der Waals surface area contributed by atoms with Gasteiger partial charge in [0, 0.05) is 22.4 Å². The Morgan fingerprint density at radius 2 is 1.86 bits per heavy atom. The highest BCUT2D eigenvalue weighted by Crippen LogP contribution is 2.28. The van der Waals surface area contributed by atoms with Gasteiger partial charge in [0.2, 0.25) is 0 Å². The average molecular weight is 407 g/mol. The molecule has 3 heterocycles. The summed E-state index contributed by atoms with van der Waals surface area (Å²) in [5.41, 5.74) is 3.64. The Bertz CT molecular complexity index is 1330. The highest BCUT2D eigenvalue weighted by Gasteiger charge is 2.13. The van der Waals surface area contributed by atoms with Gasteiger partial charge in [-0.1, -0.05) is 13.8 Å². The first-order valence-electron chi connectivity index (χ1n) is 9.54. The molecule has 0 amide bonds. The summed E-state index contributed by atoms with van der Waals surface area (Å²) < 4.78 is 6.83. The molecule has 6 heteroatoms. The number of benzene rings is 1. The number of nitrogens with zero attached hydrogens (tertiary/aromatic N) is 2. The Labute approximate surface area is 172 Å². The maximum absolute atomic E-state index is 12.5. The molecule has 0 bridgehead atoms. The minimum atomic E-state index is -0.428. The second kappa shape index (κ2) is 7.44. The SMILES string of the molecule is Cc1ccc(-c2ccc(=O)n(Cc3cc(=O)oc4cc(C)c(C(C)C)cc34)n2)s1. The van der Waals surface area contributed by atoms with Crippen molar-refractivity contribution in [2.75, 3.05) is 0 Å². The molecule has 0 aliphatic heterocycles. The largest absolute Gasteiger partial charge is 0.423 e. The fourth-order valence-corrected chi connectivity index (χ4v) is 4.40. The van der Waals surface area contributed by atoms with Gasteiger partial charge >= 0.3 is 5.63 Å². The van der Waals surface area contributed by atoms with E-state index in [1.165, 1.54) is 27.3 Å². The van der Waals surface area contributed by atoms with Crippen LogP contribution in [0.15, 0.2) is 56.5 Å². The van der Waals surface area contributed by atoms with Crippen molar-refractivity contribution in [3.05, 3.63) is 84.8 Å². The molecule has 0 aliphatic rings. The molecule has 0 N–H and O–H groups in total. The van der Waals surface area contributed by atoms with E-state index in [1.807, 2.05) is 32.0 Å². The summed E-state index contributed by atoms with van der Waals surface area (Å²) in [6, 6.07) is 12.7. The van der Waals surface area contributed by atoms with Gasteiger partial charge in [0.05, 0.1) is 11.4 Å². The van der Waals surface area contributed by atoms with E-state index in [4.69, 9.17) is 4.42 Å². The molecule has 0 saturated carbocycles. The van der Waals surface area contributed by atoms with Gasteiger partial charge in [-0.05, 0) is 66.8 Å². The molecule has 29 heavy (non-hydrogen) atoms. The minimum absolute atomic E-state index is 0.208. The number of thiophene rings is 1. The summed E-state index contributed by atoms with van der Waals surface area (Å²) in [4.78, 5) is 26.8. The van der Waals surface area contributed by atoms with Crippen LogP contribution in [0, 0.1) is 13.8 Å². The summed E-state index contributed by atoms with van der Waals surface area (Å²) >= 11 is 1.63. The standard InChI is InChI=1S/C23H22N2O3S/c1-13(2)17-11-18-16(10-23(27)28-20(18)9-14(17)3)12-25-22(26)8-6-19(24-25)21-7-5-15(4)29-21/h5-11,13H,12H2,1-4H3. The monoisotopic (exact) mass is 406 g/mol. The Balaban J connectivity index is 1.85. The number of hydrogen-bond donors (Lipinski definition) is 0. The Morgan fingerprint density at radius 3 is 2.55 bits per heavy atom. The lowest BCUT2D eigenvalue weighted by Gasteiger charge is -2.13. The molecule has 0 saturated heterocycles. The second-order valence-electron chi connectivity index (χ2n) is 7.58. The van der Waals surface area contributed by atoms with Gasteiger partial charge in [-0.2, -0.15) is 5.10 Å². The lowest BCUT2D eigenvalue weighted by atomic mass is 9.95. The van der Waals surface area contributed by atoms with Crippen LogP contribution in [0.1, 0.15) is 41.3 Å². The number of hydrogen-bond acceptors (Lipinski definition) is 5. The normalized spacial score (nSPS) is 11.5. The second-order valence-corrected chi connectivity index (χ2v) is 8.86. The lowest BCUT2D eigenvalue weighted by molar-refractivity contribution is 0.554. The third-order valence-electron chi connectivity index (χ3n) is 5.02.